The van der Waals surface area contributed by atoms with Crippen LogP contribution in [0.3, 0.4) is 0 Å². The Morgan fingerprint density at radius 1 is 0.905 bits per heavy atom. The normalized spacial score (nSPS) is 12.0. The number of urea groups is 1. The molecule has 21 heavy (non-hydrogen) atoms. The van der Waals surface area contributed by atoms with Crippen molar-refractivity contribution in [3.63, 3.8) is 0 Å². The van der Waals surface area contributed by atoms with Crippen LogP contribution in [0.1, 0.15) is 20.8 Å². The number of benzene rings is 2. The summed E-state index contributed by atoms with van der Waals surface area (Å²) < 4.78 is 0. The van der Waals surface area contributed by atoms with Gasteiger partial charge in [-0.3, -0.25) is 0 Å². The van der Waals surface area contributed by atoms with Crippen LogP contribution in [-0.4, -0.2) is 12.1 Å². The third-order valence-electron chi connectivity index (χ3n) is 3.62. The molecule has 2 amide bonds. The summed E-state index contributed by atoms with van der Waals surface area (Å²) in [5.41, 5.74) is 2.92. The maximum atomic E-state index is 12.1. The second-order valence-electron chi connectivity index (χ2n) is 5.54. The van der Waals surface area contributed by atoms with Crippen LogP contribution >= 0.6 is 0 Å². The van der Waals surface area contributed by atoms with Gasteiger partial charge in [-0.15, -0.1) is 0 Å². The van der Waals surface area contributed by atoms with Gasteiger partial charge in [0.2, 0.25) is 0 Å². The van der Waals surface area contributed by atoms with Crippen molar-refractivity contribution in [2.24, 2.45) is 5.92 Å². The number of nitrogens with one attached hydrogen (secondary N) is 2. The lowest BCUT2D eigenvalue weighted by molar-refractivity contribution is 0.246. The number of hydrogen-bond donors (Lipinski definition) is 2. The van der Waals surface area contributed by atoms with Crippen LogP contribution in [-0.2, 0) is 0 Å². The summed E-state index contributed by atoms with van der Waals surface area (Å²) in [6.45, 7) is 6.18. The molecule has 0 heterocycles. The average molecular weight is 282 g/mol. The van der Waals surface area contributed by atoms with Crippen molar-refractivity contribution in [1.82, 2.24) is 5.32 Å². The summed E-state index contributed by atoms with van der Waals surface area (Å²) in [7, 11) is 0. The second-order valence-corrected chi connectivity index (χ2v) is 5.54. The molecular formula is C18H22N2O. The molecule has 0 saturated carbocycles. The minimum atomic E-state index is -0.167. The first kappa shape index (κ1) is 15.1. The van der Waals surface area contributed by atoms with Crippen LogP contribution < -0.4 is 10.6 Å². The van der Waals surface area contributed by atoms with Gasteiger partial charge in [0.25, 0.3) is 0 Å². The van der Waals surface area contributed by atoms with E-state index in [4.69, 9.17) is 0 Å². The van der Waals surface area contributed by atoms with Crippen molar-refractivity contribution in [2.45, 2.75) is 26.8 Å². The maximum Gasteiger partial charge on any atom is 0.319 e. The lowest BCUT2D eigenvalue weighted by atomic mass is 10.0. The summed E-state index contributed by atoms with van der Waals surface area (Å²) in [6, 6.07) is 17.8. The van der Waals surface area contributed by atoms with Crippen molar-refractivity contribution >= 4 is 11.7 Å². The molecule has 2 N–H and O–H groups in total. The standard InChI is InChI=1S/C18H22N2O/c1-13(2)14(3)19-18(21)20-17-12-8-7-11-16(17)15-9-5-4-6-10-15/h4-14H,1-3H3,(H2,19,20,21). The average Bonchev–Trinajstić information content (AvgIpc) is 2.48. The van der Waals surface area contributed by atoms with Crippen molar-refractivity contribution in [1.29, 1.82) is 0 Å². The van der Waals surface area contributed by atoms with Crippen LogP contribution in [0.25, 0.3) is 11.1 Å². The van der Waals surface area contributed by atoms with E-state index >= 15 is 0 Å². The summed E-state index contributed by atoms with van der Waals surface area (Å²) in [6.07, 6.45) is 0. The predicted molar refractivity (Wildman–Crippen MR) is 88.3 cm³/mol. The van der Waals surface area contributed by atoms with Crippen molar-refractivity contribution < 1.29 is 4.79 Å². The number of rotatable bonds is 4. The molecule has 0 aliphatic heterocycles. The highest BCUT2D eigenvalue weighted by atomic mass is 16.2. The minimum absolute atomic E-state index is 0.133. The van der Waals surface area contributed by atoms with Crippen LogP contribution in [0, 0.1) is 5.92 Å². The van der Waals surface area contributed by atoms with E-state index in [2.05, 4.69) is 24.5 Å². The van der Waals surface area contributed by atoms with Crippen LogP contribution in [0.15, 0.2) is 54.6 Å². The Kier molecular flexibility index (Phi) is 4.99. The topological polar surface area (TPSA) is 41.1 Å². The summed E-state index contributed by atoms with van der Waals surface area (Å²) in [4.78, 5) is 12.1. The van der Waals surface area contributed by atoms with Gasteiger partial charge in [-0.05, 0) is 24.5 Å². The molecule has 110 valence electrons. The molecule has 0 aromatic heterocycles. The molecule has 0 radical (unpaired) electrons. The number of carbonyl (C=O) groups is 1. The van der Waals surface area contributed by atoms with Gasteiger partial charge in [-0.25, -0.2) is 4.79 Å². The van der Waals surface area contributed by atoms with Crippen LogP contribution in [0.2, 0.25) is 0 Å². The number of para-hydroxylation sites is 1. The summed E-state index contributed by atoms with van der Waals surface area (Å²) >= 11 is 0. The molecule has 0 saturated heterocycles. The van der Waals surface area contributed by atoms with Gasteiger partial charge in [-0.2, -0.15) is 0 Å². The monoisotopic (exact) mass is 282 g/mol. The fraction of sp³-hybridized carbons (Fsp3) is 0.278. The second kappa shape index (κ2) is 6.93. The van der Waals surface area contributed by atoms with Gasteiger partial charge in [-0.1, -0.05) is 62.4 Å². The molecule has 1 atom stereocenters. The zero-order valence-corrected chi connectivity index (χ0v) is 12.8. The molecule has 3 nitrogen and oxygen atoms in total. The van der Waals surface area contributed by atoms with Gasteiger partial charge >= 0.3 is 6.03 Å². The van der Waals surface area contributed by atoms with Gasteiger partial charge in [0.05, 0.1) is 5.69 Å². The quantitative estimate of drug-likeness (QED) is 0.850. The van der Waals surface area contributed by atoms with Gasteiger partial charge in [0, 0.05) is 11.6 Å². The van der Waals surface area contributed by atoms with E-state index in [9.17, 15) is 4.79 Å². The van der Waals surface area contributed by atoms with Crippen LogP contribution in [0.4, 0.5) is 10.5 Å². The Hall–Kier alpha value is -2.29. The Labute approximate surface area is 126 Å². The minimum Gasteiger partial charge on any atom is -0.335 e. The molecule has 0 bridgehead atoms. The van der Waals surface area contributed by atoms with Gasteiger partial charge in [0.15, 0.2) is 0 Å². The zero-order chi connectivity index (χ0) is 15.2. The number of hydrogen-bond acceptors (Lipinski definition) is 1. The van der Waals surface area contributed by atoms with Crippen molar-refractivity contribution in [3.8, 4) is 11.1 Å². The molecule has 2 aromatic rings. The van der Waals surface area contributed by atoms with Gasteiger partial charge in [0.1, 0.15) is 0 Å². The van der Waals surface area contributed by atoms with E-state index in [1.807, 2.05) is 61.5 Å². The molecule has 0 spiro atoms. The first-order chi connectivity index (χ1) is 10.1. The summed E-state index contributed by atoms with van der Waals surface area (Å²) in [5, 5.41) is 5.90. The van der Waals surface area contributed by atoms with E-state index in [0.29, 0.717) is 5.92 Å². The zero-order valence-electron chi connectivity index (χ0n) is 12.8. The highest BCUT2D eigenvalue weighted by Gasteiger charge is 2.12. The van der Waals surface area contributed by atoms with Gasteiger partial charge < -0.3 is 10.6 Å². The first-order valence-electron chi connectivity index (χ1n) is 7.30. The molecule has 2 rings (SSSR count). The highest BCUT2D eigenvalue weighted by Crippen LogP contribution is 2.27. The maximum absolute atomic E-state index is 12.1. The Balaban J connectivity index is 2.16. The number of carbonyl (C=O) groups excluding carboxylic acids is 1. The van der Waals surface area contributed by atoms with Crippen molar-refractivity contribution in [2.75, 3.05) is 5.32 Å². The first-order valence-corrected chi connectivity index (χ1v) is 7.30. The van der Waals surface area contributed by atoms with Crippen LogP contribution in [0.5, 0.6) is 0 Å². The third-order valence-corrected chi connectivity index (χ3v) is 3.62. The largest absolute Gasteiger partial charge is 0.335 e. The highest BCUT2D eigenvalue weighted by molar-refractivity contribution is 5.94. The molecule has 0 aliphatic carbocycles. The van der Waals surface area contributed by atoms with E-state index in [0.717, 1.165) is 16.8 Å². The Bertz CT molecular complexity index is 593. The fourth-order valence-corrected chi connectivity index (χ4v) is 1.99. The number of amides is 2. The Morgan fingerprint density at radius 3 is 2.19 bits per heavy atom. The van der Waals surface area contributed by atoms with E-state index in [1.165, 1.54) is 0 Å². The van der Waals surface area contributed by atoms with E-state index in [1.54, 1.807) is 0 Å². The molecule has 1 unspecified atom stereocenters. The SMILES string of the molecule is CC(C)C(C)NC(=O)Nc1ccccc1-c1ccccc1. The lowest BCUT2D eigenvalue weighted by Gasteiger charge is -2.19. The molecule has 0 aliphatic rings. The van der Waals surface area contributed by atoms with E-state index in [-0.39, 0.29) is 12.1 Å². The lowest BCUT2D eigenvalue weighted by Crippen LogP contribution is -2.39. The third kappa shape index (κ3) is 4.09. The molecule has 2 aromatic carbocycles. The molecular weight excluding hydrogens is 260 g/mol. The molecule has 3 heteroatoms. The smallest absolute Gasteiger partial charge is 0.319 e. The fourth-order valence-electron chi connectivity index (χ4n) is 1.99. The summed E-state index contributed by atoms with van der Waals surface area (Å²) in [5.74, 6) is 0.403. The number of anilines is 1. The van der Waals surface area contributed by atoms with Crippen molar-refractivity contribution in [3.05, 3.63) is 54.6 Å². The predicted octanol–water partition coefficient (Wildman–Crippen LogP) is 4.52. The van der Waals surface area contributed by atoms with E-state index < -0.39 is 0 Å². The Morgan fingerprint density at radius 2 is 1.52 bits per heavy atom. The molecule has 0 fully saturated rings.